The van der Waals surface area contributed by atoms with Crippen molar-refractivity contribution in [3.8, 4) is 0 Å². The summed E-state index contributed by atoms with van der Waals surface area (Å²) in [7, 11) is 0. The smallest absolute Gasteiger partial charge is 0.216 e. The molecule has 0 aliphatic rings. The molecule has 0 heterocycles. The Labute approximate surface area is 85.7 Å². The van der Waals surface area contributed by atoms with Crippen molar-refractivity contribution < 1.29 is 18.6 Å². The zero-order chi connectivity index (χ0) is 11.2. The van der Waals surface area contributed by atoms with Crippen LogP contribution in [-0.2, 0) is 4.79 Å². The molecule has 1 amide bonds. The fraction of sp³-hybridized carbons (Fsp3) is 0.857. The zero-order valence-electron chi connectivity index (χ0n) is 8.45. The van der Waals surface area contributed by atoms with E-state index >= 15 is 0 Å². The highest BCUT2D eigenvalue weighted by molar-refractivity contribution is 5.72. The lowest BCUT2D eigenvalue weighted by Crippen LogP contribution is -2.20. The van der Waals surface area contributed by atoms with E-state index < -0.39 is 0 Å². The largest absolute Gasteiger partial charge is 0.356 e. The van der Waals surface area contributed by atoms with Crippen LogP contribution in [0.15, 0.2) is 5.11 Å². The number of rotatable bonds is 6. The minimum atomic E-state index is 0. The van der Waals surface area contributed by atoms with Crippen molar-refractivity contribution >= 4 is 5.91 Å². The molecule has 0 saturated heterocycles. The van der Waals surface area contributed by atoms with Gasteiger partial charge in [0.1, 0.15) is 0 Å². The van der Waals surface area contributed by atoms with Gasteiger partial charge in [-0.2, -0.15) is 0 Å². The van der Waals surface area contributed by atoms with Crippen molar-refractivity contribution in [3.05, 3.63) is 10.4 Å². The summed E-state index contributed by atoms with van der Waals surface area (Å²) in [6.07, 6.45) is 2.82. The van der Waals surface area contributed by atoms with E-state index in [0.29, 0.717) is 13.1 Å². The van der Waals surface area contributed by atoms with Gasteiger partial charge in [-0.1, -0.05) is 11.5 Å². The molecule has 90 valence electrons. The normalized spacial score (nSPS) is 7.40. The van der Waals surface area contributed by atoms with E-state index in [1.54, 1.807) is 0 Å². The van der Waals surface area contributed by atoms with Crippen molar-refractivity contribution in [1.82, 2.24) is 5.32 Å². The zero-order valence-corrected chi connectivity index (χ0v) is 8.45. The van der Waals surface area contributed by atoms with Gasteiger partial charge in [0, 0.05) is 34.1 Å². The Morgan fingerprint density at radius 3 is 2.47 bits per heavy atom. The molecule has 0 aliphatic heterocycles. The maximum absolute atomic E-state index is 10.4. The van der Waals surface area contributed by atoms with Gasteiger partial charge in [-0.25, -0.2) is 0 Å². The van der Waals surface area contributed by atoms with Crippen LogP contribution < -0.4 is 5.32 Å². The highest BCUT2D eigenvalue weighted by Crippen LogP contribution is 1.94. The molecule has 15 heavy (non-hydrogen) atoms. The summed E-state index contributed by atoms with van der Waals surface area (Å²) in [6, 6.07) is 0. The quantitative estimate of drug-likeness (QED) is 0.322. The molecule has 0 aromatic rings. The van der Waals surface area contributed by atoms with Crippen LogP contribution in [0.25, 0.3) is 10.4 Å². The van der Waals surface area contributed by atoms with Crippen LogP contribution >= 0.6 is 0 Å². The third kappa shape index (κ3) is 24.5. The minimum Gasteiger partial charge on any atom is -0.356 e. The van der Waals surface area contributed by atoms with E-state index in [1.807, 2.05) is 0 Å². The van der Waals surface area contributed by atoms with Crippen LogP contribution in [-0.4, -0.2) is 19.0 Å². The summed E-state index contributed by atoms with van der Waals surface area (Å²) in [5.41, 5.74) is 7.94. The molecule has 0 aliphatic carbocycles. The molecule has 1 N–H and O–H groups in total. The Kier molecular flexibility index (Phi) is 23.5. The maximum Gasteiger partial charge on any atom is 0.216 e. The summed E-state index contributed by atoms with van der Waals surface area (Å²) < 4.78 is 16.0. The summed E-state index contributed by atoms with van der Waals surface area (Å²) in [5, 5.41) is 6.09. The molecule has 0 fully saturated rings. The lowest BCUT2D eigenvalue weighted by molar-refractivity contribution is -0.118. The first-order valence-electron chi connectivity index (χ1n) is 4.17. The molecule has 0 bridgehead atoms. The highest BCUT2D eigenvalue weighted by atomic mass is 20.0. The monoisotopic (exact) mass is 228 g/mol. The minimum absolute atomic E-state index is 0. The van der Waals surface area contributed by atoms with E-state index in [4.69, 9.17) is 14.7 Å². The van der Waals surface area contributed by atoms with Gasteiger partial charge in [-0.05, 0) is 18.4 Å². The number of hydrogen-bond donors (Lipinski definition) is 1. The lowest BCUT2D eigenvalue weighted by Gasteiger charge is -1.99. The van der Waals surface area contributed by atoms with Gasteiger partial charge < -0.3 is 5.32 Å². The number of unbranched alkanes of at least 4 members (excludes halogenated alkanes) is 2. The van der Waals surface area contributed by atoms with E-state index in [0.717, 1.165) is 19.3 Å². The Morgan fingerprint density at radius 2 is 2.00 bits per heavy atom. The molecule has 0 atom stereocenters. The van der Waals surface area contributed by atoms with Crippen molar-refractivity contribution in [2.24, 2.45) is 5.11 Å². The first-order valence-corrected chi connectivity index (χ1v) is 4.17. The number of azide groups is 1. The second kappa shape index (κ2) is 18.4. The average Bonchev–Trinajstić information content (AvgIpc) is 2.19. The van der Waals surface area contributed by atoms with Crippen LogP contribution in [0.3, 0.4) is 0 Å². The van der Waals surface area contributed by atoms with Crippen molar-refractivity contribution in [2.75, 3.05) is 13.1 Å². The summed E-state index contributed by atoms with van der Waals surface area (Å²) in [4.78, 5) is 13.0. The Bertz CT molecular complexity index is 179. The summed E-state index contributed by atoms with van der Waals surface area (Å²) >= 11 is 0. The van der Waals surface area contributed by atoms with Crippen molar-refractivity contribution in [3.63, 3.8) is 0 Å². The second-order valence-corrected chi connectivity index (χ2v) is 2.50. The fourth-order valence-electron chi connectivity index (χ4n) is 0.793. The molecule has 0 aromatic heterocycles. The highest BCUT2D eigenvalue weighted by Gasteiger charge is 1.90. The maximum atomic E-state index is 10.4. The summed E-state index contributed by atoms with van der Waals surface area (Å²) in [6.45, 7) is 2.77. The Morgan fingerprint density at radius 1 is 1.40 bits per heavy atom. The van der Waals surface area contributed by atoms with Gasteiger partial charge in [-0.15, -0.1) is 0 Å². The third-order valence-corrected chi connectivity index (χ3v) is 1.37. The number of halogens is 3. The number of carbonyl (C=O) groups is 1. The average molecular weight is 228 g/mol. The number of hydrogen-bond acceptors (Lipinski definition) is 2. The first-order chi connectivity index (χ1) is 6.77. The van der Waals surface area contributed by atoms with Gasteiger partial charge in [-0.3, -0.25) is 9.50 Å². The lowest BCUT2D eigenvalue weighted by atomic mass is 10.2. The molecule has 0 aromatic carbocycles. The molecular formula is C7H15F3N4O. The molecule has 8 heteroatoms. The van der Waals surface area contributed by atoms with Crippen molar-refractivity contribution in [2.45, 2.75) is 26.2 Å². The van der Waals surface area contributed by atoms with E-state index in [-0.39, 0.29) is 10.6 Å². The molecule has 0 unspecified atom stereocenters. The van der Waals surface area contributed by atoms with Crippen LogP contribution in [0.1, 0.15) is 26.2 Å². The number of nitrogens with one attached hydrogen (secondary N) is 1. The first kappa shape index (κ1) is 19.2. The predicted molar refractivity (Wildman–Crippen MR) is 51.3 cm³/mol. The molecule has 0 spiro atoms. The second-order valence-electron chi connectivity index (χ2n) is 2.50. The van der Waals surface area contributed by atoms with Gasteiger partial charge in [0.25, 0.3) is 0 Å². The topological polar surface area (TPSA) is 77.9 Å². The van der Waals surface area contributed by atoms with Gasteiger partial charge in [0.15, 0.2) is 0 Å². The Hall–Kier alpha value is -1.43. The molecule has 5 nitrogen and oxygen atoms in total. The van der Waals surface area contributed by atoms with Gasteiger partial charge in [0.2, 0.25) is 5.91 Å². The van der Waals surface area contributed by atoms with E-state index in [9.17, 15) is 4.79 Å². The third-order valence-electron chi connectivity index (χ3n) is 1.37. The van der Waals surface area contributed by atoms with Gasteiger partial charge >= 0.3 is 0 Å². The number of nitrogens with zero attached hydrogens (tertiary/aromatic N) is 3. The fourth-order valence-corrected chi connectivity index (χ4v) is 0.793. The molecule has 0 saturated carbocycles. The molecule has 0 rings (SSSR count). The van der Waals surface area contributed by atoms with Crippen molar-refractivity contribution in [1.29, 1.82) is 0 Å². The molecule has 0 radical (unpaired) electrons. The number of amides is 1. The van der Waals surface area contributed by atoms with E-state index in [2.05, 4.69) is 15.3 Å². The van der Waals surface area contributed by atoms with E-state index in [1.165, 1.54) is 6.92 Å². The van der Waals surface area contributed by atoms with Crippen LogP contribution in [0.5, 0.6) is 0 Å². The standard InChI is InChI=1S/C7H14N4O.F2.FH/c1-7(12)9-5-3-2-4-6-10-11-8;1-2;/h2-6H2,1H3,(H,9,12);;1H. The Balaban J connectivity index is -0.000000449. The van der Waals surface area contributed by atoms with Crippen LogP contribution in [0.2, 0.25) is 0 Å². The SMILES string of the molecule is CC(=O)NCCCCCN=[N+]=[N-].F.FF. The van der Waals surface area contributed by atoms with Gasteiger partial charge in [0.05, 0.1) is 0 Å². The molecular weight excluding hydrogens is 213 g/mol. The summed E-state index contributed by atoms with van der Waals surface area (Å²) in [5.74, 6) is 0.00467. The van der Waals surface area contributed by atoms with Crippen LogP contribution in [0, 0.1) is 0 Å². The van der Waals surface area contributed by atoms with Crippen LogP contribution in [0.4, 0.5) is 13.9 Å². The number of carbonyl (C=O) groups excluding carboxylic acids is 1. The predicted octanol–water partition coefficient (Wildman–Crippen LogP) is 2.60.